The van der Waals surface area contributed by atoms with Crippen molar-refractivity contribution in [2.24, 2.45) is 0 Å². The zero-order valence-corrected chi connectivity index (χ0v) is 20.2. The van der Waals surface area contributed by atoms with Gasteiger partial charge in [-0.1, -0.05) is 19.8 Å². The number of aryl methyl sites for hydroxylation is 1. The third kappa shape index (κ3) is 3.91. The Hall–Kier alpha value is -2.76. The monoisotopic (exact) mass is 487 g/mol. The van der Waals surface area contributed by atoms with Gasteiger partial charge in [0.05, 0.1) is 26.0 Å². The van der Waals surface area contributed by atoms with Crippen LogP contribution in [0.15, 0.2) is 27.9 Å². The zero-order chi connectivity index (χ0) is 23.9. The molecule has 0 spiro atoms. The van der Waals surface area contributed by atoms with Crippen LogP contribution in [0.3, 0.4) is 0 Å². The largest absolute Gasteiger partial charge is 0.495 e. The van der Waals surface area contributed by atoms with Crippen LogP contribution in [0.5, 0.6) is 5.75 Å². The van der Waals surface area contributed by atoms with Crippen LogP contribution >= 0.6 is 0 Å². The molecule has 3 aromatic rings. The highest BCUT2D eigenvalue weighted by Gasteiger charge is 2.30. The van der Waals surface area contributed by atoms with Gasteiger partial charge in [0.2, 0.25) is 10.0 Å². The summed E-state index contributed by atoms with van der Waals surface area (Å²) in [5, 5.41) is 4.74. The molecular formula is C23H29N5O5S. The van der Waals surface area contributed by atoms with Gasteiger partial charge in [-0.3, -0.25) is 4.79 Å². The van der Waals surface area contributed by atoms with Gasteiger partial charge in [0.25, 0.3) is 5.56 Å². The molecule has 0 radical (unpaired) electrons. The summed E-state index contributed by atoms with van der Waals surface area (Å²) in [5.41, 5.74) is 1.39. The van der Waals surface area contributed by atoms with E-state index in [0.29, 0.717) is 30.7 Å². The third-order valence-electron chi connectivity index (χ3n) is 6.68. The van der Waals surface area contributed by atoms with E-state index in [9.17, 15) is 13.2 Å². The fourth-order valence-electron chi connectivity index (χ4n) is 4.87. The standard InChI is InChI=1S/C23H29N5O5S/c1-3-17-20-23(29)25-21(26-28(20)22(24-17)15-6-4-5-7-15)16-8-9-18(32-2)19(14-16)34(30,31)27-10-12-33-13-11-27/h8-9,14-15H,3-7,10-13H2,1-2H3,(H,25,26,29). The fourth-order valence-corrected chi connectivity index (χ4v) is 6.46. The van der Waals surface area contributed by atoms with Gasteiger partial charge in [-0.05, 0) is 37.5 Å². The molecule has 2 fully saturated rings. The van der Waals surface area contributed by atoms with Gasteiger partial charge < -0.3 is 14.5 Å². The molecule has 5 rings (SSSR count). The Morgan fingerprint density at radius 3 is 2.62 bits per heavy atom. The molecule has 1 N–H and O–H groups in total. The van der Waals surface area contributed by atoms with Gasteiger partial charge >= 0.3 is 0 Å². The first kappa shape index (κ1) is 23.0. The molecule has 0 amide bonds. The van der Waals surface area contributed by atoms with Crippen molar-refractivity contribution in [2.45, 2.75) is 49.8 Å². The van der Waals surface area contributed by atoms with Crippen molar-refractivity contribution in [2.75, 3.05) is 33.4 Å². The van der Waals surface area contributed by atoms with E-state index in [0.717, 1.165) is 37.2 Å². The summed E-state index contributed by atoms with van der Waals surface area (Å²) in [4.78, 5) is 20.8. The van der Waals surface area contributed by atoms with Crippen LogP contribution in [-0.2, 0) is 21.2 Å². The van der Waals surface area contributed by atoms with Crippen LogP contribution in [0.2, 0.25) is 0 Å². The van der Waals surface area contributed by atoms with Crippen molar-refractivity contribution in [3.05, 3.63) is 40.1 Å². The normalized spacial score (nSPS) is 18.1. The summed E-state index contributed by atoms with van der Waals surface area (Å²) in [6.07, 6.45) is 4.95. The minimum atomic E-state index is -3.82. The number of nitrogens with one attached hydrogen (secondary N) is 1. The Morgan fingerprint density at radius 1 is 1.21 bits per heavy atom. The van der Waals surface area contributed by atoms with Crippen LogP contribution in [0.1, 0.15) is 50.0 Å². The van der Waals surface area contributed by atoms with E-state index in [1.54, 1.807) is 16.6 Å². The quantitative estimate of drug-likeness (QED) is 0.567. The van der Waals surface area contributed by atoms with E-state index in [4.69, 9.17) is 19.6 Å². The van der Waals surface area contributed by atoms with E-state index in [-0.39, 0.29) is 41.0 Å². The maximum atomic E-state index is 13.4. The zero-order valence-electron chi connectivity index (χ0n) is 19.4. The lowest BCUT2D eigenvalue weighted by atomic mass is 10.1. The number of hydrogen-bond donors (Lipinski definition) is 1. The summed E-state index contributed by atoms with van der Waals surface area (Å²) in [6.45, 7) is 3.21. The highest BCUT2D eigenvalue weighted by Crippen LogP contribution is 2.35. The molecule has 1 aliphatic carbocycles. The molecule has 0 bridgehead atoms. The number of hydrogen-bond acceptors (Lipinski definition) is 7. The number of morpholine rings is 1. The fraction of sp³-hybridized carbons (Fsp3) is 0.522. The van der Waals surface area contributed by atoms with Gasteiger partial charge in [0.15, 0.2) is 11.3 Å². The molecular weight excluding hydrogens is 458 g/mol. The predicted octanol–water partition coefficient (Wildman–Crippen LogP) is 2.33. The summed E-state index contributed by atoms with van der Waals surface area (Å²) in [6, 6.07) is 4.81. The maximum Gasteiger partial charge on any atom is 0.277 e. The maximum absolute atomic E-state index is 13.4. The molecule has 1 saturated heterocycles. The van der Waals surface area contributed by atoms with Crippen molar-refractivity contribution < 1.29 is 17.9 Å². The van der Waals surface area contributed by atoms with E-state index < -0.39 is 10.0 Å². The topological polar surface area (TPSA) is 119 Å². The molecule has 0 unspecified atom stereocenters. The molecule has 182 valence electrons. The van der Waals surface area contributed by atoms with Gasteiger partial charge in [-0.15, -0.1) is 5.10 Å². The minimum Gasteiger partial charge on any atom is -0.495 e. The molecule has 0 atom stereocenters. The number of benzene rings is 1. The number of methoxy groups -OCH3 is 1. The van der Waals surface area contributed by atoms with Crippen molar-refractivity contribution in [1.29, 1.82) is 0 Å². The van der Waals surface area contributed by atoms with Crippen molar-refractivity contribution in [3.8, 4) is 17.1 Å². The average Bonchev–Trinajstić information content (AvgIpc) is 3.52. The van der Waals surface area contributed by atoms with Gasteiger partial charge in [-0.2, -0.15) is 4.31 Å². The number of rotatable bonds is 6. The first-order valence-corrected chi connectivity index (χ1v) is 13.2. The van der Waals surface area contributed by atoms with Gasteiger partial charge in [0, 0.05) is 24.6 Å². The van der Waals surface area contributed by atoms with Crippen molar-refractivity contribution in [3.63, 3.8) is 0 Å². The Morgan fingerprint density at radius 2 is 1.94 bits per heavy atom. The van der Waals surface area contributed by atoms with Crippen LogP contribution in [0.25, 0.3) is 16.9 Å². The minimum absolute atomic E-state index is 0.0352. The van der Waals surface area contributed by atoms with Crippen molar-refractivity contribution in [1.82, 2.24) is 23.9 Å². The lowest BCUT2D eigenvalue weighted by Gasteiger charge is -2.26. The number of imidazole rings is 1. The van der Waals surface area contributed by atoms with Crippen LogP contribution in [-0.4, -0.2) is 65.7 Å². The molecule has 2 aromatic heterocycles. The Labute approximate surface area is 198 Å². The average molecular weight is 488 g/mol. The predicted molar refractivity (Wildman–Crippen MR) is 126 cm³/mol. The lowest BCUT2D eigenvalue weighted by molar-refractivity contribution is 0.0729. The SMILES string of the molecule is CCc1nc(C2CCCC2)n2nc(-c3ccc(OC)c(S(=O)(=O)N4CCOCC4)c3)[nH]c(=O)c12. The number of H-pyrrole nitrogens is 1. The van der Waals surface area contributed by atoms with E-state index in [2.05, 4.69) is 4.98 Å². The van der Waals surface area contributed by atoms with Gasteiger partial charge in [-0.25, -0.2) is 17.9 Å². The number of nitrogens with zero attached hydrogens (tertiary/aromatic N) is 4. The third-order valence-corrected chi connectivity index (χ3v) is 8.60. The molecule has 1 aliphatic heterocycles. The van der Waals surface area contributed by atoms with Crippen molar-refractivity contribution >= 4 is 15.5 Å². The number of ether oxygens (including phenoxy) is 2. The summed E-state index contributed by atoms with van der Waals surface area (Å²) in [5.74, 6) is 1.61. The number of fused-ring (bicyclic) bond motifs is 1. The second-order valence-corrected chi connectivity index (χ2v) is 10.6. The number of aromatic amines is 1. The Bertz CT molecular complexity index is 1370. The first-order valence-electron chi connectivity index (χ1n) is 11.7. The molecule has 34 heavy (non-hydrogen) atoms. The van der Waals surface area contributed by atoms with Gasteiger partial charge in [0.1, 0.15) is 16.5 Å². The molecule has 2 aliphatic rings. The number of aromatic nitrogens is 4. The molecule has 1 saturated carbocycles. The van der Waals surface area contributed by atoms with E-state index in [1.165, 1.54) is 17.5 Å². The second kappa shape index (κ2) is 9.12. The van der Waals surface area contributed by atoms with Crippen LogP contribution < -0.4 is 10.3 Å². The summed E-state index contributed by atoms with van der Waals surface area (Å²) in [7, 11) is -2.38. The first-order chi connectivity index (χ1) is 16.4. The number of sulfonamides is 1. The molecule has 10 nitrogen and oxygen atoms in total. The molecule has 11 heteroatoms. The highest BCUT2D eigenvalue weighted by atomic mass is 32.2. The summed E-state index contributed by atoms with van der Waals surface area (Å²) < 4.78 is 40.5. The summed E-state index contributed by atoms with van der Waals surface area (Å²) >= 11 is 0. The lowest BCUT2D eigenvalue weighted by Crippen LogP contribution is -2.40. The Balaban J connectivity index is 1.64. The van der Waals surface area contributed by atoms with E-state index in [1.807, 2.05) is 6.92 Å². The molecule has 1 aromatic carbocycles. The van der Waals surface area contributed by atoms with Crippen LogP contribution in [0, 0.1) is 0 Å². The van der Waals surface area contributed by atoms with Crippen LogP contribution in [0.4, 0.5) is 0 Å². The molecule has 3 heterocycles. The Kier molecular flexibility index (Phi) is 6.17. The smallest absolute Gasteiger partial charge is 0.277 e. The highest BCUT2D eigenvalue weighted by molar-refractivity contribution is 7.89. The second-order valence-electron chi connectivity index (χ2n) is 8.70. The van der Waals surface area contributed by atoms with E-state index >= 15 is 0 Å².